The normalized spacial score (nSPS) is 18.1. The molecule has 4 rings (SSSR count). The van der Waals surface area contributed by atoms with Crippen LogP contribution in [0.1, 0.15) is 25.3 Å². The fraction of sp³-hybridized carbons (Fsp3) is 0.440. The molecule has 2 heterocycles. The number of carboxylic acid groups (broad SMARTS) is 1. The van der Waals surface area contributed by atoms with Crippen molar-refractivity contribution in [2.24, 2.45) is 0 Å². The Morgan fingerprint density at radius 2 is 1.97 bits per heavy atom. The van der Waals surface area contributed by atoms with Crippen LogP contribution in [0.5, 0.6) is 17.2 Å². The number of aliphatic hydroxyl groups excluding tert-OH is 1. The number of carboxylic acids is 1. The third-order valence-corrected chi connectivity index (χ3v) is 6.74. The number of ether oxygens (including phenoxy) is 3. The van der Waals surface area contributed by atoms with Gasteiger partial charge in [-0.15, -0.1) is 0 Å². The molecule has 2 aliphatic rings. The molecule has 0 aromatic heterocycles. The lowest BCUT2D eigenvalue weighted by Gasteiger charge is -2.39. The summed E-state index contributed by atoms with van der Waals surface area (Å²) >= 11 is 11.8. The van der Waals surface area contributed by atoms with E-state index in [0.29, 0.717) is 17.3 Å². The highest BCUT2D eigenvalue weighted by Crippen LogP contribution is 2.42. The molecule has 2 atom stereocenters. The number of amides is 1. The maximum atomic E-state index is 11.5. The van der Waals surface area contributed by atoms with E-state index in [1.54, 1.807) is 0 Å². The van der Waals surface area contributed by atoms with E-state index in [9.17, 15) is 14.7 Å². The minimum Gasteiger partial charge on any atom is -0.489 e. The number of halogens is 2. The van der Waals surface area contributed by atoms with Gasteiger partial charge in [0.05, 0.1) is 5.69 Å². The zero-order valence-electron chi connectivity index (χ0n) is 19.7. The van der Waals surface area contributed by atoms with Crippen LogP contribution in [0.15, 0.2) is 36.4 Å². The van der Waals surface area contributed by atoms with Gasteiger partial charge in [0.25, 0.3) is 5.56 Å². The molecule has 3 N–H and O–H groups in total. The molecule has 9 nitrogen and oxygen atoms in total. The number of rotatable bonds is 9. The predicted molar refractivity (Wildman–Crippen MR) is 134 cm³/mol. The summed E-state index contributed by atoms with van der Waals surface area (Å²) in [5.41, 5.74) is -0.309. The van der Waals surface area contributed by atoms with Crippen molar-refractivity contribution in [1.82, 2.24) is 4.90 Å². The van der Waals surface area contributed by atoms with Gasteiger partial charge in [-0.3, -0.25) is 4.79 Å². The quantitative estimate of drug-likeness (QED) is 0.415. The Labute approximate surface area is 218 Å². The Bertz CT molecular complexity index is 1120. The first-order valence-corrected chi connectivity index (χ1v) is 12.4. The number of nitrogens with zero attached hydrogens (tertiary/aromatic N) is 1. The Morgan fingerprint density at radius 3 is 2.67 bits per heavy atom. The molecule has 1 spiro atoms. The molecule has 1 fully saturated rings. The summed E-state index contributed by atoms with van der Waals surface area (Å²) in [4.78, 5) is 24.7. The summed E-state index contributed by atoms with van der Waals surface area (Å²) in [7, 11) is 0. The molecule has 11 heteroatoms. The summed E-state index contributed by atoms with van der Waals surface area (Å²) in [6, 6.07) is 10.1. The second kappa shape index (κ2) is 11.1. The van der Waals surface area contributed by atoms with Crippen molar-refractivity contribution in [3.8, 4) is 17.2 Å². The Kier molecular flexibility index (Phi) is 8.14. The number of carbonyl (C=O) groups excluding carboxylic acids is 1. The van der Waals surface area contributed by atoms with Gasteiger partial charge in [-0.1, -0.05) is 23.2 Å². The lowest BCUT2D eigenvalue weighted by molar-refractivity contribution is -0.141. The number of hydrogen-bond donors (Lipinski definition) is 3. The number of benzene rings is 2. The standard InChI is InChI=1S/C25H28Cl2N2O7/c1-15(30)28-20-4-3-19(35-23(27)24(32)33)11-22(20)34-14-18(31)13-29-8-6-25(7-9-29)12-16-10-17(26)2-5-21(16)36-25/h2-5,10-11,18,23,31H,6-9,12-14H2,1H3,(H,28,30)(H,32,33)/t18-,23?/m0/s1. The second-order valence-electron chi connectivity index (χ2n) is 9.09. The van der Waals surface area contributed by atoms with E-state index in [1.807, 2.05) is 18.2 Å². The Morgan fingerprint density at radius 1 is 1.22 bits per heavy atom. The van der Waals surface area contributed by atoms with E-state index >= 15 is 0 Å². The smallest absolute Gasteiger partial charge is 0.360 e. The van der Waals surface area contributed by atoms with E-state index in [0.717, 1.165) is 43.7 Å². The van der Waals surface area contributed by atoms with Gasteiger partial charge < -0.3 is 34.6 Å². The third-order valence-electron chi connectivity index (χ3n) is 6.23. The molecular formula is C25H28Cl2N2O7. The minimum absolute atomic E-state index is 0.0403. The number of piperidine rings is 1. The van der Waals surface area contributed by atoms with Gasteiger partial charge in [-0.25, -0.2) is 4.79 Å². The topological polar surface area (TPSA) is 118 Å². The fourth-order valence-corrected chi connectivity index (χ4v) is 4.82. The highest BCUT2D eigenvalue weighted by Gasteiger charge is 2.42. The van der Waals surface area contributed by atoms with Crippen molar-refractivity contribution in [3.05, 3.63) is 47.0 Å². The largest absolute Gasteiger partial charge is 0.489 e. The van der Waals surface area contributed by atoms with Gasteiger partial charge in [-0.05, 0) is 35.9 Å². The summed E-state index contributed by atoms with van der Waals surface area (Å²) in [5, 5.41) is 22.9. The molecule has 0 radical (unpaired) electrons. The lowest BCUT2D eigenvalue weighted by atomic mass is 9.87. The molecular weight excluding hydrogens is 511 g/mol. The van der Waals surface area contributed by atoms with E-state index in [4.69, 9.17) is 42.5 Å². The molecule has 1 amide bonds. The zero-order valence-corrected chi connectivity index (χ0v) is 21.2. The van der Waals surface area contributed by atoms with Crippen molar-refractivity contribution >= 4 is 40.8 Å². The van der Waals surface area contributed by atoms with E-state index in [2.05, 4.69) is 10.2 Å². The van der Waals surface area contributed by atoms with Crippen LogP contribution < -0.4 is 19.5 Å². The summed E-state index contributed by atoms with van der Waals surface area (Å²) in [6.07, 6.45) is 1.70. The molecule has 1 saturated heterocycles. The maximum absolute atomic E-state index is 11.5. The average Bonchev–Trinajstić information content (AvgIpc) is 3.17. The molecule has 36 heavy (non-hydrogen) atoms. The summed E-state index contributed by atoms with van der Waals surface area (Å²) in [5.74, 6) is -0.373. The highest BCUT2D eigenvalue weighted by atomic mass is 35.5. The average molecular weight is 539 g/mol. The van der Waals surface area contributed by atoms with Gasteiger partial charge in [0.15, 0.2) is 0 Å². The number of alkyl halides is 1. The third kappa shape index (κ3) is 6.53. The number of fused-ring (bicyclic) bond motifs is 1. The van der Waals surface area contributed by atoms with Gasteiger partial charge in [0.2, 0.25) is 5.91 Å². The molecule has 2 aliphatic heterocycles. The minimum atomic E-state index is -1.58. The first-order chi connectivity index (χ1) is 17.1. The number of anilines is 1. The second-order valence-corrected chi connectivity index (χ2v) is 9.92. The van der Waals surface area contributed by atoms with Crippen molar-refractivity contribution in [2.75, 3.05) is 31.6 Å². The van der Waals surface area contributed by atoms with E-state index in [1.165, 1.54) is 25.1 Å². The molecule has 0 aliphatic carbocycles. The van der Waals surface area contributed by atoms with Gasteiger partial charge in [0.1, 0.15) is 35.6 Å². The van der Waals surface area contributed by atoms with Crippen LogP contribution in [0.3, 0.4) is 0 Å². The number of hydrogen-bond acceptors (Lipinski definition) is 7. The molecule has 0 saturated carbocycles. The monoisotopic (exact) mass is 538 g/mol. The number of carbonyl (C=O) groups is 2. The van der Waals surface area contributed by atoms with Gasteiger partial charge in [-0.2, -0.15) is 0 Å². The van der Waals surface area contributed by atoms with Gasteiger partial charge >= 0.3 is 5.97 Å². The SMILES string of the molecule is CC(=O)Nc1ccc(OC(Cl)C(=O)O)cc1OC[C@@H](O)CN1CCC2(CC1)Cc1cc(Cl)ccc1O2. The number of nitrogens with one attached hydrogen (secondary N) is 1. The first kappa shape index (κ1) is 26.3. The zero-order chi connectivity index (χ0) is 25.9. The van der Waals surface area contributed by atoms with E-state index in [-0.39, 0.29) is 29.6 Å². The van der Waals surface area contributed by atoms with Crippen molar-refractivity contribution in [3.63, 3.8) is 0 Å². The number of likely N-dealkylation sites (tertiary alicyclic amines) is 1. The molecule has 1 unspecified atom stereocenters. The Hall–Kier alpha value is -2.72. The highest BCUT2D eigenvalue weighted by molar-refractivity contribution is 6.30. The van der Waals surface area contributed by atoms with Crippen LogP contribution >= 0.6 is 23.2 Å². The van der Waals surface area contributed by atoms with Crippen LogP contribution in [-0.4, -0.2) is 70.5 Å². The summed E-state index contributed by atoms with van der Waals surface area (Å²) < 4.78 is 17.2. The van der Waals surface area contributed by atoms with Crippen LogP contribution in [-0.2, 0) is 16.0 Å². The van der Waals surface area contributed by atoms with E-state index < -0.39 is 17.6 Å². The lowest BCUT2D eigenvalue weighted by Crippen LogP contribution is -2.49. The van der Waals surface area contributed by atoms with Crippen molar-refractivity contribution < 1.29 is 34.0 Å². The number of aliphatic hydroxyl groups is 1. The van der Waals surface area contributed by atoms with Crippen LogP contribution in [0, 0.1) is 0 Å². The molecule has 0 bridgehead atoms. The van der Waals surface area contributed by atoms with Crippen molar-refractivity contribution in [2.45, 2.75) is 43.5 Å². The van der Waals surface area contributed by atoms with Crippen molar-refractivity contribution in [1.29, 1.82) is 0 Å². The number of β-amino-alcohol motifs (C(OH)–C–C–N with tert-alkyl or cyclic N) is 1. The van der Waals surface area contributed by atoms with Gasteiger partial charge in [0, 0.05) is 56.9 Å². The fourth-order valence-electron chi connectivity index (χ4n) is 4.52. The molecule has 2 aromatic carbocycles. The molecule has 194 valence electrons. The Balaban J connectivity index is 1.30. The molecule has 2 aromatic rings. The predicted octanol–water partition coefficient (Wildman–Crippen LogP) is 3.54. The maximum Gasteiger partial charge on any atom is 0.360 e. The van der Waals surface area contributed by atoms with Crippen LogP contribution in [0.25, 0.3) is 0 Å². The van der Waals surface area contributed by atoms with Crippen LogP contribution in [0.2, 0.25) is 5.02 Å². The first-order valence-electron chi connectivity index (χ1n) is 11.6. The summed E-state index contributed by atoms with van der Waals surface area (Å²) in [6.45, 7) is 3.26. The number of aliphatic carboxylic acids is 1. The van der Waals surface area contributed by atoms with Crippen LogP contribution in [0.4, 0.5) is 5.69 Å².